The second-order valence-electron chi connectivity index (χ2n) is 5.07. The molecule has 2 aromatic carbocycles. The van der Waals surface area contributed by atoms with E-state index in [0.717, 1.165) is 11.1 Å². The van der Waals surface area contributed by atoms with Crippen LogP contribution in [0.4, 0.5) is 0 Å². The second kappa shape index (κ2) is 8.88. The van der Waals surface area contributed by atoms with Gasteiger partial charge in [0.25, 0.3) is 0 Å². The Bertz CT molecular complexity index is 732. The molecule has 2 rings (SSSR count). The highest BCUT2D eigenvalue weighted by atomic mass is 32.1. The molecule has 0 atom stereocenters. The summed E-state index contributed by atoms with van der Waals surface area (Å²) in [4.78, 5) is 0. The standard InChI is InChI=1S/C18H21N3O2S/c1-13-6-4-5-7-15(13)12-23-16-9-8-14(10-17(16)22-3)11-20-21-18(24)19-2/h4-11H,12H2,1-3H3,(H2,19,21,24)/b20-11-. The van der Waals surface area contributed by atoms with Crippen molar-refractivity contribution in [1.82, 2.24) is 10.7 Å². The minimum absolute atomic E-state index is 0.455. The van der Waals surface area contributed by atoms with Crippen molar-refractivity contribution < 1.29 is 9.47 Å². The summed E-state index contributed by atoms with van der Waals surface area (Å²) < 4.78 is 11.3. The highest BCUT2D eigenvalue weighted by Gasteiger charge is 2.06. The molecule has 0 unspecified atom stereocenters. The molecule has 0 radical (unpaired) electrons. The lowest BCUT2D eigenvalue weighted by Crippen LogP contribution is -2.28. The van der Waals surface area contributed by atoms with Gasteiger partial charge in [-0.05, 0) is 54.0 Å². The lowest BCUT2D eigenvalue weighted by atomic mass is 10.1. The molecule has 2 N–H and O–H groups in total. The van der Waals surface area contributed by atoms with E-state index in [2.05, 4.69) is 34.9 Å². The van der Waals surface area contributed by atoms with Crippen LogP contribution in [0.15, 0.2) is 47.6 Å². The van der Waals surface area contributed by atoms with E-state index < -0.39 is 0 Å². The molecule has 0 saturated carbocycles. The van der Waals surface area contributed by atoms with Gasteiger partial charge in [0.15, 0.2) is 16.6 Å². The maximum absolute atomic E-state index is 5.89. The zero-order valence-corrected chi connectivity index (χ0v) is 14.8. The summed E-state index contributed by atoms with van der Waals surface area (Å²) in [5.74, 6) is 1.35. The first kappa shape index (κ1) is 17.7. The van der Waals surface area contributed by atoms with Crippen LogP contribution in [0, 0.1) is 6.92 Å². The van der Waals surface area contributed by atoms with Gasteiger partial charge < -0.3 is 14.8 Å². The van der Waals surface area contributed by atoms with Crippen molar-refractivity contribution in [3.05, 3.63) is 59.2 Å². The van der Waals surface area contributed by atoms with Crippen molar-refractivity contribution >= 4 is 23.5 Å². The third kappa shape index (κ3) is 4.96. The number of thiocarbonyl (C=S) groups is 1. The number of ether oxygens (including phenoxy) is 2. The topological polar surface area (TPSA) is 54.9 Å². The number of hydrogen-bond donors (Lipinski definition) is 2. The molecule has 0 spiro atoms. The molecular weight excluding hydrogens is 322 g/mol. The first-order valence-electron chi connectivity index (χ1n) is 7.50. The van der Waals surface area contributed by atoms with Crippen molar-refractivity contribution in [3.63, 3.8) is 0 Å². The Morgan fingerprint density at radius 1 is 1.21 bits per heavy atom. The lowest BCUT2D eigenvalue weighted by molar-refractivity contribution is 0.284. The molecule has 0 heterocycles. The van der Waals surface area contributed by atoms with Crippen LogP contribution in [0.2, 0.25) is 0 Å². The molecule has 0 aliphatic carbocycles. The molecule has 0 aromatic heterocycles. The number of nitrogens with zero attached hydrogens (tertiary/aromatic N) is 1. The summed E-state index contributed by atoms with van der Waals surface area (Å²) in [7, 11) is 3.35. The van der Waals surface area contributed by atoms with Crippen LogP contribution in [-0.2, 0) is 6.61 Å². The molecule has 0 saturated heterocycles. The molecule has 2 aromatic rings. The number of rotatable bonds is 6. The smallest absolute Gasteiger partial charge is 0.186 e. The zero-order valence-electron chi connectivity index (χ0n) is 14.0. The van der Waals surface area contributed by atoms with Crippen LogP contribution in [-0.4, -0.2) is 25.5 Å². The number of methoxy groups -OCH3 is 1. The zero-order chi connectivity index (χ0) is 17.4. The van der Waals surface area contributed by atoms with Crippen LogP contribution in [0.25, 0.3) is 0 Å². The van der Waals surface area contributed by atoms with Gasteiger partial charge in [-0.2, -0.15) is 5.10 Å². The summed E-state index contributed by atoms with van der Waals surface area (Å²) in [5.41, 5.74) is 5.93. The fourth-order valence-corrected chi connectivity index (χ4v) is 2.09. The highest BCUT2D eigenvalue weighted by Crippen LogP contribution is 2.28. The number of aryl methyl sites for hydroxylation is 1. The van der Waals surface area contributed by atoms with Gasteiger partial charge in [0.2, 0.25) is 0 Å². The predicted octanol–water partition coefficient (Wildman–Crippen LogP) is 3.01. The Morgan fingerprint density at radius 2 is 2.00 bits per heavy atom. The van der Waals surface area contributed by atoms with Gasteiger partial charge in [0.1, 0.15) is 6.61 Å². The van der Waals surface area contributed by atoms with Gasteiger partial charge >= 0.3 is 0 Å². The Balaban J connectivity index is 2.06. The van der Waals surface area contributed by atoms with Crippen molar-refractivity contribution in [2.24, 2.45) is 5.10 Å². The van der Waals surface area contributed by atoms with Gasteiger partial charge in [0, 0.05) is 7.05 Å². The van der Waals surface area contributed by atoms with Crippen LogP contribution < -0.4 is 20.2 Å². The van der Waals surface area contributed by atoms with Gasteiger partial charge in [-0.15, -0.1) is 0 Å². The molecule has 24 heavy (non-hydrogen) atoms. The van der Waals surface area contributed by atoms with Crippen LogP contribution in [0.3, 0.4) is 0 Å². The number of hydrogen-bond acceptors (Lipinski definition) is 4. The summed E-state index contributed by atoms with van der Waals surface area (Å²) in [5, 5.41) is 7.28. The molecule has 0 aliphatic heterocycles. The SMILES string of the molecule is CNC(=S)N/N=C\c1ccc(OCc2ccccc2C)c(OC)c1. The molecule has 0 aliphatic rings. The minimum atomic E-state index is 0.455. The Kier molecular flexibility index (Phi) is 6.57. The normalized spacial score (nSPS) is 10.5. The first-order chi connectivity index (χ1) is 11.6. The summed E-state index contributed by atoms with van der Waals surface area (Å²) >= 11 is 4.95. The first-order valence-corrected chi connectivity index (χ1v) is 7.91. The maximum atomic E-state index is 5.89. The van der Waals surface area contributed by atoms with Crippen molar-refractivity contribution in [3.8, 4) is 11.5 Å². The maximum Gasteiger partial charge on any atom is 0.186 e. The number of benzene rings is 2. The quantitative estimate of drug-likeness (QED) is 0.480. The molecular formula is C18H21N3O2S. The monoisotopic (exact) mass is 343 g/mol. The predicted molar refractivity (Wildman–Crippen MR) is 101 cm³/mol. The van der Waals surface area contributed by atoms with Gasteiger partial charge in [-0.25, -0.2) is 0 Å². The average molecular weight is 343 g/mol. The minimum Gasteiger partial charge on any atom is -0.493 e. The fraction of sp³-hybridized carbons (Fsp3) is 0.222. The highest BCUT2D eigenvalue weighted by molar-refractivity contribution is 7.80. The van der Waals surface area contributed by atoms with Gasteiger partial charge in [-0.3, -0.25) is 5.43 Å². The molecule has 6 heteroatoms. The van der Waals surface area contributed by atoms with E-state index in [4.69, 9.17) is 21.7 Å². The third-order valence-corrected chi connectivity index (χ3v) is 3.73. The van der Waals surface area contributed by atoms with E-state index in [0.29, 0.717) is 23.2 Å². The molecule has 0 fully saturated rings. The number of hydrazone groups is 1. The van der Waals surface area contributed by atoms with E-state index in [1.807, 2.05) is 30.3 Å². The van der Waals surface area contributed by atoms with Crippen LogP contribution in [0.1, 0.15) is 16.7 Å². The largest absolute Gasteiger partial charge is 0.493 e. The van der Waals surface area contributed by atoms with E-state index >= 15 is 0 Å². The Morgan fingerprint density at radius 3 is 2.71 bits per heavy atom. The second-order valence-corrected chi connectivity index (χ2v) is 5.48. The fourth-order valence-electron chi connectivity index (χ4n) is 2.03. The lowest BCUT2D eigenvalue weighted by Gasteiger charge is -2.12. The molecule has 0 bridgehead atoms. The average Bonchev–Trinajstić information content (AvgIpc) is 2.61. The Labute approximate surface area is 147 Å². The van der Waals surface area contributed by atoms with Gasteiger partial charge in [-0.1, -0.05) is 24.3 Å². The van der Waals surface area contributed by atoms with E-state index in [1.165, 1.54) is 5.56 Å². The summed E-state index contributed by atoms with van der Waals surface area (Å²) in [6.07, 6.45) is 1.66. The number of nitrogens with one attached hydrogen (secondary N) is 2. The molecule has 5 nitrogen and oxygen atoms in total. The molecule has 126 valence electrons. The Hall–Kier alpha value is -2.60. The van der Waals surface area contributed by atoms with Crippen molar-refractivity contribution in [2.75, 3.05) is 14.2 Å². The van der Waals surface area contributed by atoms with E-state index in [9.17, 15) is 0 Å². The van der Waals surface area contributed by atoms with Crippen LogP contribution >= 0.6 is 12.2 Å². The third-order valence-electron chi connectivity index (χ3n) is 3.44. The summed E-state index contributed by atoms with van der Waals surface area (Å²) in [6, 6.07) is 13.8. The summed E-state index contributed by atoms with van der Waals surface area (Å²) in [6.45, 7) is 2.56. The molecule has 0 amide bonds. The van der Waals surface area contributed by atoms with Crippen molar-refractivity contribution in [1.29, 1.82) is 0 Å². The van der Waals surface area contributed by atoms with E-state index in [1.54, 1.807) is 20.4 Å². The van der Waals surface area contributed by atoms with Gasteiger partial charge in [0.05, 0.1) is 13.3 Å². The van der Waals surface area contributed by atoms with Crippen molar-refractivity contribution in [2.45, 2.75) is 13.5 Å². The van der Waals surface area contributed by atoms with E-state index in [-0.39, 0.29) is 0 Å². The van der Waals surface area contributed by atoms with Crippen LogP contribution in [0.5, 0.6) is 11.5 Å².